The van der Waals surface area contributed by atoms with Gasteiger partial charge in [-0.25, -0.2) is 0 Å². The summed E-state index contributed by atoms with van der Waals surface area (Å²) in [5.41, 5.74) is 0.825. The fraction of sp³-hybridized carbons (Fsp3) is 1.00. The molecule has 0 radical (unpaired) electrons. The maximum Gasteiger partial charge on any atom is 0.143 e. The fourth-order valence-corrected chi connectivity index (χ4v) is 7.53. The van der Waals surface area contributed by atoms with Crippen molar-refractivity contribution in [2.45, 2.75) is 58.4 Å². The fourth-order valence-electron chi connectivity index (χ4n) is 3.11. The smallest absolute Gasteiger partial charge is 0.143 e. The molecular formula is C15H32O3Si. The molecule has 0 amide bonds. The first kappa shape index (κ1) is 17.1. The van der Waals surface area contributed by atoms with Crippen molar-refractivity contribution in [3.63, 3.8) is 0 Å². The Morgan fingerprint density at radius 3 is 1.53 bits per heavy atom. The molecule has 1 saturated carbocycles. The topological polar surface area (TPSA) is 27.7 Å². The van der Waals surface area contributed by atoms with E-state index in [1.54, 1.807) is 0 Å². The predicted molar refractivity (Wildman–Crippen MR) is 82.1 cm³/mol. The van der Waals surface area contributed by atoms with E-state index >= 15 is 0 Å². The van der Waals surface area contributed by atoms with Crippen molar-refractivity contribution in [3.05, 3.63) is 0 Å². The summed E-state index contributed by atoms with van der Waals surface area (Å²) in [6, 6.07) is 0. The first-order valence-electron chi connectivity index (χ1n) is 8.02. The van der Waals surface area contributed by atoms with Crippen LogP contribution in [0, 0.1) is 0 Å². The Bertz CT molecular complexity index is 196. The quantitative estimate of drug-likeness (QED) is 0.576. The molecule has 1 fully saturated rings. The molecule has 0 aromatic rings. The van der Waals surface area contributed by atoms with Crippen molar-refractivity contribution in [1.29, 1.82) is 0 Å². The summed E-state index contributed by atoms with van der Waals surface area (Å²) in [6.07, 6.45) is 9.61. The first-order chi connectivity index (χ1) is 9.29. The molecule has 0 bridgehead atoms. The standard InChI is InChI=1S/C15H32O3Si/c1-4-16-12-19(13-17-5-2,14-18-6-3)15-10-8-7-9-11-15/h15H,4-14H2,1-3H3. The van der Waals surface area contributed by atoms with Gasteiger partial charge in [-0.1, -0.05) is 32.1 Å². The van der Waals surface area contributed by atoms with Crippen LogP contribution in [-0.4, -0.2) is 46.6 Å². The van der Waals surface area contributed by atoms with Crippen LogP contribution in [-0.2, 0) is 14.2 Å². The predicted octanol–water partition coefficient (Wildman–Crippen LogP) is 3.50. The van der Waals surface area contributed by atoms with Gasteiger partial charge in [0.05, 0.1) is 0 Å². The van der Waals surface area contributed by atoms with E-state index in [2.05, 4.69) is 20.8 Å². The van der Waals surface area contributed by atoms with E-state index in [0.717, 1.165) is 44.1 Å². The van der Waals surface area contributed by atoms with E-state index in [0.29, 0.717) is 0 Å². The molecule has 0 saturated heterocycles. The average Bonchev–Trinajstić information content (AvgIpc) is 2.48. The van der Waals surface area contributed by atoms with Gasteiger partial charge < -0.3 is 14.2 Å². The molecule has 0 aliphatic heterocycles. The van der Waals surface area contributed by atoms with E-state index in [9.17, 15) is 0 Å². The van der Waals surface area contributed by atoms with Gasteiger partial charge in [0.2, 0.25) is 0 Å². The van der Waals surface area contributed by atoms with Gasteiger partial charge in [-0.05, 0) is 26.3 Å². The third-order valence-electron chi connectivity index (χ3n) is 4.25. The molecule has 19 heavy (non-hydrogen) atoms. The van der Waals surface area contributed by atoms with Crippen LogP contribution in [0.15, 0.2) is 0 Å². The summed E-state index contributed by atoms with van der Waals surface area (Å²) < 4.78 is 17.5. The summed E-state index contributed by atoms with van der Waals surface area (Å²) >= 11 is 0. The Balaban J connectivity index is 2.73. The third-order valence-corrected chi connectivity index (χ3v) is 8.90. The number of hydrogen-bond acceptors (Lipinski definition) is 3. The molecule has 0 N–H and O–H groups in total. The molecule has 0 aromatic heterocycles. The SMILES string of the molecule is CCOC[Si](COCC)(COCC)C1CCCCC1. The highest BCUT2D eigenvalue weighted by molar-refractivity contribution is 6.81. The second-order valence-corrected chi connectivity index (χ2v) is 10.0. The van der Waals surface area contributed by atoms with Crippen LogP contribution in [0.5, 0.6) is 0 Å². The highest BCUT2D eigenvalue weighted by Gasteiger charge is 2.42. The maximum atomic E-state index is 5.85. The van der Waals surface area contributed by atoms with Crippen molar-refractivity contribution < 1.29 is 14.2 Å². The molecule has 3 nitrogen and oxygen atoms in total. The lowest BCUT2D eigenvalue weighted by atomic mass is 10.0. The molecular weight excluding hydrogens is 256 g/mol. The highest BCUT2D eigenvalue weighted by atomic mass is 28.3. The number of hydrogen-bond donors (Lipinski definition) is 0. The van der Waals surface area contributed by atoms with Gasteiger partial charge in [-0.3, -0.25) is 0 Å². The van der Waals surface area contributed by atoms with Gasteiger partial charge in [0, 0.05) is 38.5 Å². The van der Waals surface area contributed by atoms with E-state index in [1.807, 2.05) is 0 Å². The Hall–Kier alpha value is 0.0969. The maximum absolute atomic E-state index is 5.85. The molecule has 0 spiro atoms. The Morgan fingerprint density at radius 2 is 1.16 bits per heavy atom. The lowest BCUT2D eigenvalue weighted by Crippen LogP contribution is -2.55. The van der Waals surface area contributed by atoms with Gasteiger partial charge in [0.15, 0.2) is 0 Å². The third kappa shape index (κ3) is 5.54. The number of rotatable bonds is 10. The molecule has 1 aliphatic rings. The van der Waals surface area contributed by atoms with Crippen molar-refractivity contribution in [3.8, 4) is 0 Å². The van der Waals surface area contributed by atoms with Gasteiger partial charge in [0.25, 0.3) is 0 Å². The van der Waals surface area contributed by atoms with Crippen molar-refractivity contribution in [2.24, 2.45) is 0 Å². The monoisotopic (exact) mass is 288 g/mol. The second-order valence-electron chi connectivity index (χ2n) is 5.61. The lowest BCUT2D eigenvalue weighted by molar-refractivity contribution is 0.133. The van der Waals surface area contributed by atoms with Crippen LogP contribution in [0.3, 0.4) is 0 Å². The van der Waals surface area contributed by atoms with Crippen LogP contribution in [0.25, 0.3) is 0 Å². The highest BCUT2D eigenvalue weighted by Crippen LogP contribution is 2.37. The van der Waals surface area contributed by atoms with Crippen LogP contribution in [0.4, 0.5) is 0 Å². The van der Waals surface area contributed by atoms with E-state index in [-0.39, 0.29) is 0 Å². The summed E-state index contributed by atoms with van der Waals surface area (Å²) in [4.78, 5) is 0. The molecule has 0 unspecified atom stereocenters. The first-order valence-corrected chi connectivity index (χ1v) is 10.7. The normalized spacial score (nSPS) is 17.8. The summed E-state index contributed by atoms with van der Waals surface area (Å²) in [6.45, 7) is 8.67. The largest absolute Gasteiger partial charge is 0.385 e. The summed E-state index contributed by atoms with van der Waals surface area (Å²) in [5, 5.41) is 0. The second kappa shape index (κ2) is 9.92. The van der Waals surface area contributed by atoms with E-state index in [4.69, 9.17) is 14.2 Å². The van der Waals surface area contributed by atoms with E-state index < -0.39 is 8.07 Å². The van der Waals surface area contributed by atoms with Crippen molar-refractivity contribution in [2.75, 3.05) is 38.5 Å². The lowest BCUT2D eigenvalue weighted by Gasteiger charge is -2.40. The van der Waals surface area contributed by atoms with Crippen molar-refractivity contribution >= 4 is 8.07 Å². The minimum Gasteiger partial charge on any atom is -0.385 e. The zero-order chi connectivity index (χ0) is 14.0. The minimum atomic E-state index is -1.62. The number of ether oxygens (including phenoxy) is 3. The Morgan fingerprint density at radius 1 is 0.737 bits per heavy atom. The molecule has 0 aromatic carbocycles. The van der Waals surface area contributed by atoms with Gasteiger partial charge in [-0.2, -0.15) is 0 Å². The van der Waals surface area contributed by atoms with Gasteiger partial charge in [0.1, 0.15) is 8.07 Å². The molecule has 0 heterocycles. The molecule has 1 rings (SSSR count). The van der Waals surface area contributed by atoms with Crippen LogP contribution < -0.4 is 0 Å². The molecule has 0 atom stereocenters. The van der Waals surface area contributed by atoms with Gasteiger partial charge in [-0.15, -0.1) is 0 Å². The molecule has 1 aliphatic carbocycles. The molecule has 4 heteroatoms. The Kier molecular flexibility index (Phi) is 8.95. The minimum absolute atomic E-state index is 0.805. The Labute approximate surface area is 120 Å². The van der Waals surface area contributed by atoms with Crippen LogP contribution in [0.2, 0.25) is 5.54 Å². The van der Waals surface area contributed by atoms with Crippen LogP contribution >= 0.6 is 0 Å². The van der Waals surface area contributed by atoms with Crippen molar-refractivity contribution in [1.82, 2.24) is 0 Å². The molecule has 114 valence electrons. The zero-order valence-electron chi connectivity index (χ0n) is 13.1. The van der Waals surface area contributed by atoms with Crippen LogP contribution in [0.1, 0.15) is 52.9 Å². The van der Waals surface area contributed by atoms with Gasteiger partial charge >= 0.3 is 0 Å². The summed E-state index contributed by atoms with van der Waals surface area (Å²) in [5.74, 6) is 0. The zero-order valence-corrected chi connectivity index (χ0v) is 14.1. The van der Waals surface area contributed by atoms with E-state index in [1.165, 1.54) is 32.1 Å². The summed E-state index contributed by atoms with van der Waals surface area (Å²) in [7, 11) is -1.62. The average molecular weight is 289 g/mol.